The maximum absolute atomic E-state index is 10.6. The van der Waals surface area contributed by atoms with E-state index in [4.69, 9.17) is 9.84 Å². The van der Waals surface area contributed by atoms with E-state index in [2.05, 4.69) is 0 Å². The fraction of sp³-hybridized carbons (Fsp3) is 0.286. The first-order valence-electron chi connectivity index (χ1n) is 3.02. The number of rotatable bonds is 1. The minimum absolute atomic E-state index is 0.488. The molecule has 1 aliphatic carbocycles. The molecule has 3 heteroatoms. The first kappa shape index (κ1) is 5.53. The number of carbonyl (C=O) groups is 1. The Morgan fingerprint density at radius 2 is 2.60 bits per heavy atom. The quantitative estimate of drug-likeness (QED) is 0.579. The van der Waals surface area contributed by atoms with Gasteiger partial charge in [-0.25, -0.2) is 4.79 Å². The van der Waals surface area contributed by atoms with Crippen molar-refractivity contribution in [2.24, 2.45) is 0 Å². The van der Waals surface area contributed by atoms with Crippen molar-refractivity contribution in [3.8, 4) is 0 Å². The monoisotopic (exact) mass is 138 g/mol. The van der Waals surface area contributed by atoms with Crippen molar-refractivity contribution in [3.63, 3.8) is 0 Å². The number of hydrogen-bond acceptors (Lipinski definition) is 2. The second kappa shape index (κ2) is 1.42. The molecule has 1 N–H and O–H groups in total. The Morgan fingerprint density at radius 1 is 1.80 bits per heavy atom. The Balaban J connectivity index is 2.38. The lowest BCUT2D eigenvalue weighted by atomic mass is 10.1. The lowest BCUT2D eigenvalue weighted by Crippen LogP contribution is -2.34. The highest BCUT2D eigenvalue weighted by Crippen LogP contribution is 2.37. The average Bonchev–Trinajstić information content (AvgIpc) is 2.45. The summed E-state index contributed by atoms with van der Waals surface area (Å²) in [5.74, 6) is -0.910. The standard InChI is InChI=1S/C7H6O3/c8-6(9)7-2-1-5(3-7)4-10-7/h1-2,4H,3H2,(H,8,9). The Morgan fingerprint density at radius 3 is 2.80 bits per heavy atom. The Hall–Kier alpha value is -1.25. The third kappa shape index (κ3) is 0.472. The van der Waals surface area contributed by atoms with Crippen molar-refractivity contribution in [1.82, 2.24) is 0 Å². The smallest absolute Gasteiger partial charge is 0.352 e. The molecule has 0 spiro atoms. The minimum Gasteiger partial charge on any atom is -0.478 e. The van der Waals surface area contributed by atoms with Crippen LogP contribution in [0.15, 0.2) is 24.0 Å². The maximum atomic E-state index is 10.6. The second-order valence-corrected chi connectivity index (χ2v) is 2.52. The van der Waals surface area contributed by atoms with Crippen molar-refractivity contribution >= 4 is 5.97 Å². The van der Waals surface area contributed by atoms with Gasteiger partial charge in [-0.05, 0) is 11.6 Å². The molecule has 2 aliphatic rings. The molecule has 0 radical (unpaired) electrons. The summed E-state index contributed by atoms with van der Waals surface area (Å²) < 4.78 is 4.95. The molecular formula is C7H6O3. The predicted molar refractivity (Wildman–Crippen MR) is 33.3 cm³/mol. The van der Waals surface area contributed by atoms with Crippen molar-refractivity contribution in [3.05, 3.63) is 24.0 Å². The lowest BCUT2D eigenvalue weighted by molar-refractivity contribution is -0.152. The number of carboxylic acids is 1. The highest BCUT2D eigenvalue weighted by atomic mass is 16.5. The zero-order valence-corrected chi connectivity index (χ0v) is 5.20. The van der Waals surface area contributed by atoms with Gasteiger partial charge in [0.2, 0.25) is 5.60 Å². The van der Waals surface area contributed by atoms with E-state index in [0.717, 1.165) is 5.57 Å². The van der Waals surface area contributed by atoms with E-state index in [1.165, 1.54) is 6.26 Å². The SMILES string of the molecule is O=C(O)C12C=CC(=CO1)C2. The van der Waals surface area contributed by atoms with Gasteiger partial charge in [0.05, 0.1) is 6.26 Å². The van der Waals surface area contributed by atoms with Gasteiger partial charge in [0.1, 0.15) is 0 Å². The van der Waals surface area contributed by atoms with Crippen LogP contribution in [0, 0.1) is 0 Å². The van der Waals surface area contributed by atoms with E-state index >= 15 is 0 Å². The van der Waals surface area contributed by atoms with Crippen LogP contribution < -0.4 is 0 Å². The minimum atomic E-state index is -1.05. The number of fused-ring (bicyclic) bond motifs is 2. The highest BCUT2D eigenvalue weighted by molar-refractivity contribution is 5.83. The van der Waals surface area contributed by atoms with Crippen molar-refractivity contribution in [1.29, 1.82) is 0 Å². The van der Waals surface area contributed by atoms with Gasteiger partial charge in [0.25, 0.3) is 0 Å². The maximum Gasteiger partial charge on any atom is 0.352 e. The average molecular weight is 138 g/mol. The number of aliphatic carboxylic acids is 1. The second-order valence-electron chi connectivity index (χ2n) is 2.52. The molecule has 2 rings (SSSR count). The Kier molecular flexibility index (Phi) is 0.787. The van der Waals surface area contributed by atoms with Gasteiger partial charge in [-0.1, -0.05) is 6.08 Å². The van der Waals surface area contributed by atoms with Crippen LogP contribution in [-0.4, -0.2) is 16.7 Å². The van der Waals surface area contributed by atoms with E-state index in [-0.39, 0.29) is 0 Å². The summed E-state index contributed by atoms with van der Waals surface area (Å²) >= 11 is 0. The molecule has 52 valence electrons. The molecule has 0 saturated carbocycles. The third-order valence-corrected chi connectivity index (χ3v) is 1.82. The first-order valence-corrected chi connectivity index (χ1v) is 3.02. The van der Waals surface area contributed by atoms with E-state index in [0.29, 0.717) is 6.42 Å². The molecule has 0 aromatic heterocycles. The Labute approximate surface area is 57.6 Å². The molecule has 3 nitrogen and oxygen atoms in total. The summed E-state index contributed by atoms with van der Waals surface area (Å²) in [6, 6.07) is 0. The van der Waals surface area contributed by atoms with Crippen molar-refractivity contribution in [2.75, 3.05) is 0 Å². The molecular weight excluding hydrogens is 132 g/mol. The normalized spacial score (nSPS) is 33.8. The fourth-order valence-electron chi connectivity index (χ4n) is 1.20. The molecule has 0 aromatic carbocycles. The number of hydrogen-bond donors (Lipinski definition) is 1. The summed E-state index contributed by atoms with van der Waals surface area (Å²) in [5, 5.41) is 8.68. The molecule has 2 bridgehead atoms. The van der Waals surface area contributed by atoms with Crippen LogP contribution in [0.25, 0.3) is 0 Å². The molecule has 10 heavy (non-hydrogen) atoms. The van der Waals surface area contributed by atoms with Gasteiger partial charge in [-0.15, -0.1) is 0 Å². The summed E-state index contributed by atoms with van der Waals surface area (Å²) in [5.41, 5.74) is -0.0857. The largest absolute Gasteiger partial charge is 0.478 e. The topological polar surface area (TPSA) is 46.5 Å². The van der Waals surface area contributed by atoms with Gasteiger partial charge >= 0.3 is 5.97 Å². The van der Waals surface area contributed by atoms with E-state index in [9.17, 15) is 4.79 Å². The molecule has 1 unspecified atom stereocenters. The van der Waals surface area contributed by atoms with Gasteiger partial charge in [0.15, 0.2) is 0 Å². The van der Waals surface area contributed by atoms with Crippen LogP contribution in [0.5, 0.6) is 0 Å². The van der Waals surface area contributed by atoms with Gasteiger partial charge in [0, 0.05) is 6.42 Å². The fourth-order valence-corrected chi connectivity index (χ4v) is 1.20. The van der Waals surface area contributed by atoms with Crippen LogP contribution in [0.2, 0.25) is 0 Å². The van der Waals surface area contributed by atoms with Gasteiger partial charge in [-0.2, -0.15) is 0 Å². The summed E-state index contributed by atoms with van der Waals surface area (Å²) in [6.45, 7) is 0. The predicted octanol–water partition coefficient (Wildman–Crippen LogP) is 0.684. The zero-order chi connectivity index (χ0) is 7.19. The molecule has 1 heterocycles. The number of carboxylic acid groups (broad SMARTS) is 1. The summed E-state index contributed by atoms with van der Waals surface area (Å²) in [6.07, 6.45) is 5.37. The van der Waals surface area contributed by atoms with Crippen LogP contribution in [-0.2, 0) is 9.53 Å². The highest BCUT2D eigenvalue weighted by Gasteiger charge is 2.45. The van der Waals surface area contributed by atoms with E-state index < -0.39 is 11.6 Å². The molecule has 1 atom stereocenters. The zero-order valence-electron chi connectivity index (χ0n) is 5.20. The molecule has 0 amide bonds. The van der Waals surface area contributed by atoms with E-state index in [1.807, 2.05) is 0 Å². The third-order valence-electron chi connectivity index (χ3n) is 1.82. The molecule has 0 aromatic rings. The molecule has 1 aliphatic heterocycles. The molecule has 0 fully saturated rings. The Bertz CT molecular complexity index is 252. The van der Waals surface area contributed by atoms with Crippen LogP contribution in [0.4, 0.5) is 0 Å². The van der Waals surface area contributed by atoms with Gasteiger partial charge in [-0.3, -0.25) is 0 Å². The molecule has 0 saturated heterocycles. The van der Waals surface area contributed by atoms with Crippen molar-refractivity contribution < 1.29 is 14.6 Å². The van der Waals surface area contributed by atoms with E-state index in [1.54, 1.807) is 12.2 Å². The van der Waals surface area contributed by atoms with Crippen LogP contribution >= 0.6 is 0 Å². The number of allylic oxidation sites excluding steroid dienone is 1. The van der Waals surface area contributed by atoms with Crippen LogP contribution in [0.3, 0.4) is 0 Å². The first-order chi connectivity index (χ1) is 4.73. The van der Waals surface area contributed by atoms with Crippen LogP contribution in [0.1, 0.15) is 6.42 Å². The summed E-state index contributed by atoms with van der Waals surface area (Å²) in [7, 11) is 0. The number of ether oxygens (including phenoxy) is 1. The summed E-state index contributed by atoms with van der Waals surface area (Å²) in [4.78, 5) is 10.6. The van der Waals surface area contributed by atoms with Gasteiger partial charge < -0.3 is 9.84 Å². The van der Waals surface area contributed by atoms with Crippen molar-refractivity contribution in [2.45, 2.75) is 12.0 Å². The lowest BCUT2D eigenvalue weighted by Gasteiger charge is -2.16.